The van der Waals surface area contributed by atoms with Gasteiger partial charge >= 0.3 is 0 Å². The fourth-order valence-corrected chi connectivity index (χ4v) is 3.68. The van der Waals surface area contributed by atoms with Gasteiger partial charge in [-0.2, -0.15) is 0 Å². The molecule has 24 heavy (non-hydrogen) atoms. The third-order valence-electron chi connectivity index (χ3n) is 4.19. The second-order valence-corrected chi connectivity index (χ2v) is 6.85. The average molecular weight is 345 g/mol. The van der Waals surface area contributed by atoms with Gasteiger partial charge in [0, 0.05) is 19.0 Å². The number of nitrogens with one attached hydrogen (secondary N) is 1. The van der Waals surface area contributed by atoms with Crippen molar-refractivity contribution in [2.24, 2.45) is 0 Å². The highest BCUT2D eigenvalue weighted by Gasteiger charge is 2.21. The predicted octanol–water partition coefficient (Wildman–Crippen LogP) is 3.46. The molecule has 1 aromatic heterocycles. The number of thiazole rings is 1. The first-order chi connectivity index (χ1) is 11.8. The Balaban J connectivity index is 1.60. The Morgan fingerprint density at radius 2 is 2.04 bits per heavy atom. The molecule has 0 radical (unpaired) electrons. The summed E-state index contributed by atoms with van der Waals surface area (Å²) in [7, 11) is 1.54. The van der Waals surface area contributed by atoms with Gasteiger partial charge < -0.3 is 4.74 Å². The molecule has 1 N–H and O–H groups in total. The molecular weight excluding hydrogens is 322 g/mol. The number of aromatic nitrogens is 1. The predicted molar refractivity (Wildman–Crippen MR) is 96.1 cm³/mol. The molecule has 1 atom stereocenters. The van der Waals surface area contributed by atoms with Gasteiger partial charge in [-0.15, -0.1) is 11.3 Å². The van der Waals surface area contributed by atoms with Gasteiger partial charge in [-0.05, 0) is 31.5 Å². The largest absolute Gasteiger partial charge is 0.367 e. The van der Waals surface area contributed by atoms with Crippen molar-refractivity contribution in [3.63, 3.8) is 0 Å². The Bertz CT molecular complexity index is 653. The number of benzene rings is 1. The van der Waals surface area contributed by atoms with Crippen LogP contribution in [0.2, 0.25) is 0 Å². The molecule has 0 saturated carbocycles. The maximum atomic E-state index is 12.5. The summed E-state index contributed by atoms with van der Waals surface area (Å²) in [5.74, 6) is -0.192. The van der Waals surface area contributed by atoms with E-state index < -0.39 is 6.10 Å². The molecule has 1 saturated heterocycles. The fourth-order valence-electron chi connectivity index (χ4n) is 2.98. The number of nitrogens with zero attached hydrogens (tertiary/aromatic N) is 2. The number of methoxy groups -OCH3 is 1. The van der Waals surface area contributed by atoms with E-state index in [0.29, 0.717) is 5.13 Å². The monoisotopic (exact) mass is 345 g/mol. The summed E-state index contributed by atoms with van der Waals surface area (Å²) in [5.41, 5.74) is 1.86. The number of hydrogen-bond acceptors (Lipinski definition) is 5. The van der Waals surface area contributed by atoms with Crippen LogP contribution in [0.5, 0.6) is 0 Å². The van der Waals surface area contributed by atoms with E-state index in [-0.39, 0.29) is 5.91 Å². The molecule has 0 unspecified atom stereocenters. The highest BCUT2D eigenvalue weighted by atomic mass is 32.1. The molecule has 128 valence electrons. The van der Waals surface area contributed by atoms with Gasteiger partial charge in [-0.3, -0.25) is 15.0 Å². The number of piperidine rings is 1. The molecule has 0 bridgehead atoms. The van der Waals surface area contributed by atoms with Crippen LogP contribution in [0, 0.1) is 0 Å². The van der Waals surface area contributed by atoms with E-state index in [9.17, 15) is 4.79 Å². The molecule has 0 aliphatic carbocycles. The Kier molecular flexibility index (Phi) is 5.96. The van der Waals surface area contributed by atoms with Crippen molar-refractivity contribution in [2.45, 2.75) is 31.9 Å². The van der Waals surface area contributed by atoms with Crippen molar-refractivity contribution in [2.75, 3.05) is 25.5 Å². The zero-order chi connectivity index (χ0) is 16.8. The fraction of sp³-hybridized carbons (Fsp3) is 0.444. The van der Waals surface area contributed by atoms with Crippen LogP contribution in [0.3, 0.4) is 0 Å². The van der Waals surface area contributed by atoms with Crippen molar-refractivity contribution < 1.29 is 9.53 Å². The van der Waals surface area contributed by atoms with Crippen LogP contribution in [0.25, 0.3) is 0 Å². The third kappa shape index (κ3) is 4.41. The SMILES string of the molecule is CO[C@H](C(=O)Nc1nc(CN2CCCCC2)cs1)c1ccccc1. The van der Waals surface area contributed by atoms with E-state index in [1.54, 1.807) is 7.11 Å². The number of rotatable bonds is 6. The number of carbonyl (C=O) groups is 1. The van der Waals surface area contributed by atoms with Crippen LogP contribution in [0.1, 0.15) is 36.6 Å². The topological polar surface area (TPSA) is 54.5 Å². The zero-order valence-corrected chi connectivity index (χ0v) is 14.7. The third-order valence-corrected chi connectivity index (χ3v) is 5.00. The van der Waals surface area contributed by atoms with Crippen molar-refractivity contribution in [1.82, 2.24) is 9.88 Å². The van der Waals surface area contributed by atoms with Gasteiger partial charge in [0.05, 0.1) is 5.69 Å². The minimum absolute atomic E-state index is 0.192. The van der Waals surface area contributed by atoms with E-state index in [0.717, 1.165) is 30.9 Å². The van der Waals surface area contributed by atoms with Crippen LogP contribution in [0.15, 0.2) is 35.7 Å². The lowest BCUT2D eigenvalue weighted by Gasteiger charge is -2.25. The number of hydrogen-bond donors (Lipinski definition) is 1. The Morgan fingerprint density at radius 1 is 1.29 bits per heavy atom. The zero-order valence-electron chi connectivity index (χ0n) is 13.9. The Hall–Kier alpha value is -1.76. The second kappa shape index (κ2) is 8.37. The van der Waals surface area contributed by atoms with E-state index in [1.165, 1.54) is 30.6 Å². The first-order valence-corrected chi connectivity index (χ1v) is 9.19. The van der Waals surface area contributed by atoms with E-state index in [2.05, 4.69) is 15.2 Å². The summed E-state index contributed by atoms with van der Waals surface area (Å²) in [6, 6.07) is 9.49. The molecule has 2 heterocycles. The summed E-state index contributed by atoms with van der Waals surface area (Å²) in [6.07, 6.45) is 3.23. The molecule has 0 spiro atoms. The lowest BCUT2D eigenvalue weighted by Crippen LogP contribution is -2.29. The van der Waals surface area contributed by atoms with Gasteiger partial charge in [-0.25, -0.2) is 4.98 Å². The van der Waals surface area contributed by atoms with Gasteiger partial charge in [0.25, 0.3) is 5.91 Å². The van der Waals surface area contributed by atoms with Crippen molar-refractivity contribution in [3.8, 4) is 0 Å². The van der Waals surface area contributed by atoms with E-state index in [4.69, 9.17) is 4.74 Å². The molecule has 1 amide bonds. The first kappa shape index (κ1) is 17.1. The van der Waals surface area contributed by atoms with E-state index >= 15 is 0 Å². The van der Waals surface area contributed by atoms with Crippen molar-refractivity contribution in [3.05, 3.63) is 47.0 Å². The van der Waals surface area contributed by atoms with Crippen LogP contribution in [-0.2, 0) is 16.1 Å². The maximum absolute atomic E-state index is 12.5. The Morgan fingerprint density at radius 3 is 2.75 bits per heavy atom. The number of anilines is 1. The van der Waals surface area contributed by atoms with Gasteiger partial charge in [0.2, 0.25) is 0 Å². The molecule has 6 heteroatoms. The van der Waals surface area contributed by atoms with E-state index in [1.807, 2.05) is 35.7 Å². The molecule has 1 fully saturated rings. The van der Waals surface area contributed by atoms with Gasteiger partial charge in [0.1, 0.15) is 0 Å². The van der Waals surface area contributed by atoms with Gasteiger partial charge in [-0.1, -0.05) is 36.8 Å². The minimum Gasteiger partial charge on any atom is -0.367 e. The molecule has 5 nitrogen and oxygen atoms in total. The number of likely N-dealkylation sites (tertiary alicyclic amines) is 1. The number of amides is 1. The summed E-state index contributed by atoms with van der Waals surface area (Å²) in [4.78, 5) is 19.4. The highest BCUT2D eigenvalue weighted by molar-refractivity contribution is 7.13. The number of carbonyl (C=O) groups excluding carboxylic acids is 1. The second-order valence-electron chi connectivity index (χ2n) is 6.00. The highest BCUT2D eigenvalue weighted by Crippen LogP contribution is 2.22. The lowest BCUT2D eigenvalue weighted by molar-refractivity contribution is -0.126. The normalized spacial score (nSPS) is 16.7. The molecule has 1 aliphatic heterocycles. The van der Waals surface area contributed by atoms with Crippen LogP contribution in [0.4, 0.5) is 5.13 Å². The maximum Gasteiger partial charge on any atom is 0.259 e. The van der Waals surface area contributed by atoms with Crippen molar-refractivity contribution >= 4 is 22.4 Å². The molecule has 2 aromatic rings. The summed E-state index contributed by atoms with van der Waals surface area (Å²) in [5, 5.41) is 5.53. The van der Waals surface area contributed by atoms with Crippen LogP contribution >= 0.6 is 11.3 Å². The summed E-state index contributed by atoms with van der Waals surface area (Å²) < 4.78 is 5.36. The van der Waals surface area contributed by atoms with Gasteiger partial charge in [0.15, 0.2) is 11.2 Å². The van der Waals surface area contributed by atoms with Crippen LogP contribution < -0.4 is 5.32 Å². The smallest absolute Gasteiger partial charge is 0.259 e. The standard InChI is InChI=1S/C18H23N3O2S/c1-23-16(14-8-4-2-5-9-14)17(22)20-18-19-15(13-24-18)12-21-10-6-3-7-11-21/h2,4-5,8-9,13,16H,3,6-7,10-12H2,1H3,(H,19,20,22)/t16-/m0/s1. The van der Waals surface area contributed by atoms with Crippen molar-refractivity contribution in [1.29, 1.82) is 0 Å². The Labute approximate surface area is 146 Å². The number of ether oxygens (including phenoxy) is 1. The summed E-state index contributed by atoms with van der Waals surface area (Å²) in [6.45, 7) is 3.14. The quantitative estimate of drug-likeness (QED) is 0.871. The summed E-state index contributed by atoms with van der Waals surface area (Å²) >= 11 is 1.46. The first-order valence-electron chi connectivity index (χ1n) is 8.31. The molecule has 1 aliphatic rings. The minimum atomic E-state index is -0.624. The molecule has 3 rings (SSSR count). The molecule has 1 aromatic carbocycles. The van der Waals surface area contributed by atoms with Crippen LogP contribution in [-0.4, -0.2) is 36.0 Å². The average Bonchev–Trinajstić information content (AvgIpc) is 3.04. The molecular formula is C18H23N3O2S. The lowest BCUT2D eigenvalue weighted by atomic mass is 10.1.